The highest BCUT2D eigenvalue weighted by Crippen LogP contribution is 2.14. The van der Waals surface area contributed by atoms with Crippen LogP contribution >= 0.6 is 0 Å². The molecule has 1 fully saturated rings. The number of carbonyl (C=O) groups is 2. The summed E-state index contributed by atoms with van der Waals surface area (Å²) in [5.74, 6) is 0.318. The van der Waals surface area contributed by atoms with Gasteiger partial charge in [-0.05, 0) is 61.2 Å². The average Bonchev–Trinajstić information content (AvgIpc) is 2.79. The number of hydrogen-bond acceptors (Lipinski definition) is 3. The Bertz CT molecular complexity index is 834. The second-order valence-electron chi connectivity index (χ2n) is 7.43. The van der Waals surface area contributed by atoms with Crippen LogP contribution in [-0.4, -0.2) is 55.0 Å². The van der Waals surface area contributed by atoms with Crippen molar-refractivity contribution < 1.29 is 18.7 Å². The molecule has 2 aromatic carbocycles. The molecule has 6 nitrogen and oxygen atoms in total. The van der Waals surface area contributed by atoms with E-state index in [1.54, 1.807) is 19.2 Å². The third kappa shape index (κ3) is 6.20. The molecule has 3 amide bonds. The maximum Gasteiger partial charge on any atom is 0.317 e. The highest BCUT2D eigenvalue weighted by molar-refractivity contribution is 5.94. The number of likely N-dealkylation sites (tertiary alicyclic amines) is 1. The zero-order chi connectivity index (χ0) is 21.3. The molecule has 1 heterocycles. The van der Waals surface area contributed by atoms with Gasteiger partial charge in [-0.1, -0.05) is 12.1 Å². The molecule has 0 aliphatic carbocycles. The number of amides is 3. The van der Waals surface area contributed by atoms with Gasteiger partial charge in [-0.3, -0.25) is 4.79 Å². The van der Waals surface area contributed by atoms with Gasteiger partial charge in [0, 0.05) is 32.2 Å². The number of likely N-dealkylation sites (N-methyl/N-ethyl adjacent to an activating group) is 1. The summed E-state index contributed by atoms with van der Waals surface area (Å²) < 4.78 is 18.4. The topological polar surface area (TPSA) is 61.9 Å². The lowest BCUT2D eigenvalue weighted by Crippen LogP contribution is -2.39. The Balaban J connectivity index is 1.40. The molecular weight excluding hydrogens is 385 g/mol. The second kappa shape index (κ2) is 10.6. The normalized spacial score (nSPS) is 13.6. The van der Waals surface area contributed by atoms with Gasteiger partial charge in [0.25, 0.3) is 5.91 Å². The molecule has 1 N–H and O–H groups in total. The van der Waals surface area contributed by atoms with Gasteiger partial charge in [0.15, 0.2) is 0 Å². The van der Waals surface area contributed by atoms with E-state index in [-0.39, 0.29) is 17.8 Å². The molecule has 0 radical (unpaired) electrons. The highest BCUT2D eigenvalue weighted by atomic mass is 19.1. The van der Waals surface area contributed by atoms with Crippen LogP contribution in [0.5, 0.6) is 5.75 Å². The zero-order valence-corrected chi connectivity index (χ0v) is 17.3. The van der Waals surface area contributed by atoms with Crippen molar-refractivity contribution in [1.29, 1.82) is 0 Å². The first-order valence-corrected chi connectivity index (χ1v) is 10.3. The number of nitrogens with one attached hydrogen (secondary N) is 1. The molecule has 160 valence electrons. The van der Waals surface area contributed by atoms with Gasteiger partial charge >= 0.3 is 6.03 Å². The van der Waals surface area contributed by atoms with E-state index >= 15 is 0 Å². The fourth-order valence-electron chi connectivity index (χ4n) is 3.29. The van der Waals surface area contributed by atoms with Crippen molar-refractivity contribution in [3.63, 3.8) is 0 Å². The molecule has 7 heteroatoms. The first-order valence-electron chi connectivity index (χ1n) is 10.3. The lowest BCUT2D eigenvalue weighted by molar-refractivity contribution is 0.0724. The van der Waals surface area contributed by atoms with E-state index in [0.29, 0.717) is 31.0 Å². The van der Waals surface area contributed by atoms with Crippen molar-refractivity contribution in [2.45, 2.75) is 25.8 Å². The summed E-state index contributed by atoms with van der Waals surface area (Å²) in [6.45, 7) is 2.73. The molecule has 0 bridgehead atoms. The first kappa shape index (κ1) is 21.6. The van der Waals surface area contributed by atoms with E-state index < -0.39 is 0 Å². The van der Waals surface area contributed by atoms with Gasteiger partial charge in [-0.2, -0.15) is 0 Å². The maximum atomic E-state index is 12.9. The fourth-order valence-corrected chi connectivity index (χ4v) is 3.29. The monoisotopic (exact) mass is 413 g/mol. The quantitative estimate of drug-likeness (QED) is 0.753. The molecule has 1 aliphatic heterocycles. The number of nitrogens with zero attached hydrogens (tertiary/aromatic N) is 2. The van der Waals surface area contributed by atoms with Crippen molar-refractivity contribution in [3.05, 3.63) is 65.5 Å². The smallest absolute Gasteiger partial charge is 0.317 e. The van der Waals surface area contributed by atoms with Gasteiger partial charge in [0.1, 0.15) is 18.2 Å². The van der Waals surface area contributed by atoms with Crippen LogP contribution in [-0.2, 0) is 6.54 Å². The second-order valence-corrected chi connectivity index (χ2v) is 7.43. The van der Waals surface area contributed by atoms with Crippen molar-refractivity contribution in [2.24, 2.45) is 0 Å². The Morgan fingerprint density at radius 1 is 1.03 bits per heavy atom. The summed E-state index contributed by atoms with van der Waals surface area (Å²) in [5.41, 5.74) is 1.61. The zero-order valence-electron chi connectivity index (χ0n) is 17.3. The van der Waals surface area contributed by atoms with Gasteiger partial charge in [-0.25, -0.2) is 9.18 Å². The van der Waals surface area contributed by atoms with Crippen LogP contribution in [0.15, 0.2) is 48.5 Å². The third-order valence-corrected chi connectivity index (χ3v) is 5.14. The lowest BCUT2D eigenvalue weighted by Gasteiger charge is -2.26. The number of ether oxygens (including phenoxy) is 1. The van der Waals surface area contributed by atoms with E-state index in [2.05, 4.69) is 5.32 Å². The van der Waals surface area contributed by atoms with E-state index in [1.807, 2.05) is 29.2 Å². The van der Waals surface area contributed by atoms with Gasteiger partial charge < -0.3 is 19.9 Å². The number of urea groups is 1. The molecule has 0 saturated carbocycles. The van der Waals surface area contributed by atoms with Crippen molar-refractivity contribution in [2.75, 3.05) is 33.3 Å². The lowest BCUT2D eigenvalue weighted by atomic mass is 10.1. The molecule has 1 saturated heterocycles. The Kier molecular flexibility index (Phi) is 7.65. The van der Waals surface area contributed by atoms with Crippen molar-refractivity contribution in [1.82, 2.24) is 15.1 Å². The molecule has 3 rings (SSSR count). The minimum absolute atomic E-state index is 0.0752. The molecule has 0 unspecified atom stereocenters. The van der Waals surface area contributed by atoms with Crippen LogP contribution in [0.4, 0.5) is 9.18 Å². The minimum Gasteiger partial charge on any atom is -0.492 e. The van der Waals surface area contributed by atoms with Crippen LogP contribution in [0.25, 0.3) is 0 Å². The Hall–Kier alpha value is -3.09. The number of benzene rings is 2. The molecular formula is C23H28FN3O3. The summed E-state index contributed by atoms with van der Waals surface area (Å²) in [6.07, 6.45) is 3.33. The van der Waals surface area contributed by atoms with Crippen LogP contribution in [0, 0.1) is 5.82 Å². The Morgan fingerprint density at radius 2 is 1.70 bits per heavy atom. The predicted molar refractivity (Wildman–Crippen MR) is 113 cm³/mol. The molecule has 2 aromatic rings. The van der Waals surface area contributed by atoms with Gasteiger partial charge in [0.2, 0.25) is 0 Å². The predicted octanol–water partition coefficient (Wildman–Crippen LogP) is 3.67. The van der Waals surface area contributed by atoms with E-state index in [4.69, 9.17) is 4.74 Å². The van der Waals surface area contributed by atoms with E-state index in [1.165, 1.54) is 23.5 Å². The van der Waals surface area contributed by atoms with Crippen LogP contribution in [0.3, 0.4) is 0 Å². The summed E-state index contributed by atoms with van der Waals surface area (Å²) in [6, 6.07) is 12.9. The van der Waals surface area contributed by atoms with Crippen LogP contribution < -0.4 is 10.1 Å². The van der Waals surface area contributed by atoms with Gasteiger partial charge in [-0.15, -0.1) is 0 Å². The number of piperidine rings is 1. The van der Waals surface area contributed by atoms with Gasteiger partial charge in [0.05, 0.1) is 6.54 Å². The number of carbonyl (C=O) groups excluding carboxylic acids is 2. The SMILES string of the molecule is CN(CCOc1ccc(F)cc1)C(=O)NCc1ccc(C(=O)N2CCCCC2)cc1. The first-order chi connectivity index (χ1) is 14.5. The molecule has 30 heavy (non-hydrogen) atoms. The van der Waals surface area contributed by atoms with Crippen LogP contribution in [0.1, 0.15) is 35.2 Å². The largest absolute Gasteiger partial charge is 0.492 e. The number of hydrogen-bond donors (Lipinski definition) is 1. The third-order valence-electron chi connectivity index (χ3n) is 5.14. The summed E-state index contributed by atoms with van der Waals surface area (Å²) in [5, 5.41) is 2.85. The standard InChI is InChI=1S/C23H28FN3O3/c1-26(15-16-30-21-11-9-20(24)10-12-21)23(29)25-17-18-5-7-19(8-6-18)22(28)27-13-3-2-4-14-27/h5-12H,2-4,13-17H2,1H3,(H,25,29). The fraction of sp³-hybridized carbons (Fsp3) is 0.391. The molecule has 0 spiro atoms. The summed E-state index contributed by atoms with van der Waals surface area (Å²) >= 11 is 0. The average molecular weight is 413 g/mol. The number of rotatable bonds is 7. The number of halogens is 1. The Morgan fingerprint density at radius 3 is 2.37 bits per heavy atom. The molecule has 1 aliphatic rings. The molecule has 0 aromatic heterocycles. The minimum atomic E-state index is -0.317. The van der Waals surface area contributed by atoms with E-state index in [0.717, 1.165) is 31.5 Å². The van der Waals surface area contributed by atoms with E-state index in [9.17, 15) is 14.0 Å². The highest BCUT2D eigenvalue weighted by Gasteiger charge is 2.18. The summed E-state index contributed by atoms with van der Waals surface area (Å²) in [4.78, 5) is 28.2. The Labute approximate surface area is 176 Å². The summed E-state index contributed by atoms with van der Waals surface area (Å²) in [7, 11) is 1.68. The van der Waals surface area contributed by atoms with Crippen LogP contribution in [0.2, 0.25) is 0 Å². The molecule has 0 atom stereocenters. The maximum absolute atomic E-state index is 12.9. The van der Waals surface area contributed by atoms with Crippen molar-refractivity contribution >= 4 is 11.9 Å². The van der Waals surface area contributed by atoms with Crippen molar-refractivity contribution in [3.8, 4) is 5.75 Å².